The number of hydrogen-bond donors (Lipinski definition) is 2. The fourth-order valence-electron chi connectivity index (χ4n) is 3.04. The average Bonchev–Trinajstić information content (AvgIpc) is 3.00. The molecule has 2 N–H and O–H groups in total. The first-order chi connectivity index (χ1) is 10.1. The second-order valence-corrected chi connectivity index (χ2v) is 6.77. The van der Waals surface area contributed by atoms with Crippen molar-refractivity contribution in [2.45, 2.75) is 57.4 Å². The lowest BCUT2D eigenvalue weighted by Crippen LogP contribution is -2.36. The maximum Gasteiger partial charge on any atom is 0.303 e. The zero-order valence-corrected chi connectivity index (χ0v) is 13.0. The average molecular weight is 309 g/mol. The van der Waals surface area contributed by atoms with Crippen LogP contribution in [-0.4, -0.2) is 23.0 Å². The number of carboxylic acids is 1. The van der Waals surface area contributed by atoms with Crippen molar-refractivity contribution in [1.82, 2.24) is 5.32 Å². The van der Waals surface area contributed by atoms with Gasteiger partial charge in [0.05, 0.1) is 4.88 Å². The summed E-state index contributed by atoms with van der Waals surface area (Å²) < 4.78 is 0. The predicted molar refractivity (Wildman–Crippen MR) is 83.6 cm³/mol. The van der Waals surface area contributed by atoms with Crippen molar-refractivity contribution in [3.05, 3.63) is 22.4 Å². The minimum absolute atomic E-state index is 0.0289. The summed E-state index contributed by atoms with van der Waals surface area (Å²) in [6.07, 6.45) is 7.77. The molecule has 1 fully saturated rings. The Balaban J connectivity index is 1.90. The van der Waals surface area contributed by atoms with Crippen molar-refractivity contribution in [1.29, 1.82) is 0 Å². The van der Waals surface area contributed by atoms with E-state index in [2.05, 4.69) is 5.32 Å². The van der Waals surface area contributed by atoms with E-state index in [1.807, 2.05) is 11.4 Å². The van der Waals surface area contributed by atoms with Gasteiger partial charge in [-0.2, -0.15) is 0 Å². The second kappa shape index (κ2) is 8.17. The number of carbonyl (C=O) groups excluding carboxylic acids is 1. The van der Waals surface area contributed by atoms with Crippen LogP contribution in [0, 0.1) is 5.92 Å². The van der Waals surface area contributed by atoms with E-state index >= 15 is 0 Å². The quantitative estimate of drug-likeness (QED) is 0.807. The monoisotopic (exact) mass is 309 g/mol. The molecule has 4 nitrogen and oxygen atoms in total. The molecule has 116 valence electrons. The molecular formula is C16H23NO3S. The van der Waals surface area contributed by atoms with Gasteiger partial charge in [0.1, 0.15) is 0 Å². The van der Waals surface area contributed by atoms with E-state index in [4.69, 9.17) is 5.11 Å². The number of thiophene rings is 1. The van der Waals surface area contributed by atoms with Crippen molar-refractivity contribution in [2.24, 2.45) is 5.92 Å². The number of carboxylic acid groups (broad SMARTS) is 1. The van der Waals surface area contributed by atoms with Gasteiger partial charge in [-0.05, 0) is 30.2 Å². The summed E-state index contributed by atoms with van der Waals surface area (Å²) in [5.41, 5.74) is 0. The molecule has 1 saturated carbocycles. The van der Waals surface area contributed by atoms with Gasteiger partial charge in [0.2, 0.25) is 0 Å². The van der Waals surface area contributed by atoms with Crippen LogP contribution in [0.4, 0.5) is 0 Å². The maximum absolute atomic E-state index is 12.2. The Morgan fingerprint density at radius 2 is 2.10 bits per heavy atom. The van der Waals surface area contributed by atoms with E-state index in [-0.39, 0.29) is 18.4 Å². The highest BCUT2D eigenvalue weighted by atomic mass is 32.1. The third-order valence-electron chi connectivity index (χ3n) is 4.13. The van der Waals surface area contributed by atoms with Gasteiger partial charge < -0.3 is 10.4 Å². The Labute approximate surface area is 129 Å². The Bertz CT molecular complexity index is 452. The SMILES string of the molecule is O=C(O)CCC(CC1CCCCC1)NC(=O)c1cccs1. The molecule has 0 bridgehead atoms. The van der Waals surface area contributed by atoms with Gasteiger partial charge in [-0.25, -0.2) is 0 Å². The lowest BCUT2D eigenvalue weighted by molar-refractivity contribution is -0.137. The zero-order valence-electron chi connectivity index (χ0n) is 12.2. The van der Waals surface area contributed by atoms with E-state index in [1.165, 1.54) is 43.4 Å². The number of amides is 1. The molecule has 1 aromatic heterocycles. The second-order valence-electron chi connectivity index (χ2n) is 5.82. The number of nitrogens with one attached hydrogen (secondary N) is 1. The molecule has 1 heterocycles. The highest BCUT2D eigenvalue weighted by Crippen LogP contribution is 2.28. The summed E-state index contributed by atoms with van der Waals surface area (Å²) in [6.45, 7) is 0. The van der Waals surface area contributed by atoms with Crippen LogP contribution in [0.25, 0.3) is 0 Å². The van der Waals surface area contributed by atoms with Crippen molar-refractivity contribution < 1.29 is 14.7 Å². The van der Waals surface area contributed by atoms with Gasteiger partial charge in [0, 0.05) is 12.5 Å². The molecule has 1 aromatic rings. The van der Waals surface area contributed by atoms with Crippen molar-refractivity contribution in [2.75, 3.05) is 0 Å². The third-order valence-corrected chi connectivity index (χ3v) is 5.00. The van der Waals surface area contributed by atoms with Crippen LogP contribution in [0.15, 0.2) is 17.5 Å². The van der Waals surface area contributed by atoms with Crippen molar-refractivity contribution in [3.63, 3.8) is 0 Å². The first-order valence-corrected chi connectivity index (χ1v) is 8.59. The van der Waals surface area contributed by atoms with Crippen molar-refractivity contribution in [3.8, 4) is 0 Å². The lowest BCUT2D eigenvalue weighted by Gasteiger charge is -2.27. The minimum Gasteiger partial charge on any atom is -0.481 e. The molecule has 0 aromatic carbocycles. The van der Waals surface area contributed by atoms with Crippen LogP contribution >= 0.6 is 11.3 Å². The van der Waals surface area contributed by atoms with Crippen LogP contribution in [0.1, 0.15) is 61.0 Å². The highest BCUT2D eigenvalue weighted by Gasteiger charge is 2.21. The fraction of sp³-hybridized carbons (Fsp3) is 0.625. The van der Waals surface area contributed by atoms with Crippen molar-refractivity contribution >= 4 is 23.2 Å². The lowest BCUT2D eigenvalue weighted by atomic mass is 9.84. The Kier molecular flexibility index (Phi) is 6.23. The summed E-state index contributed by atoms with van der Waals surface area (Å²) >= 11 is 1.42. The zero-order chi connectivity index (χ0) is 15.1. The van der Waals surface area contributed by atoms with Gasteiger partial charge in [-0.1, -0.05) is 38.2 Å². The van der Waals surface area contributed by atoms with Gasteiger partial charge in [-0.3, -0.25) is 9.59 Å². The van der Waals surface area contributed by atoms with Crippen LogP contribution in [-0.2, 0) is 4.79 Å². The van der Waals surface area contributed by atoms with Gasteiger partial charge in [-0.15, -0.1) is 11.3 Å². The molecule has 1 aliphatic carbocycles. The van der Waals surface area contributed by atoms with Gasteiger partial charge in [0.15, 0.2) is 0 Å². The summed E-state index contributed by atoms with van der Waals surface area (Å²) in [5.74, 6) is -0.244. The number of carbonyl (C=O) groups is 2. The molecule has 1 amide bonds. The number of aliphatic carboxylic acids is 1. The largest absolute Gasteiger partial charge is 0.481 e. The Morgan fingerprint density at radius 3 is 2.71 bits per heavy atom. The molecular weight excluding hydrogens is 286 g/mol. The number of hydrogen-bond acceptors (Lipinski definition) is 3. The molecule has 21 heavy (non-hydrogen) atoms. The number of rotatable bonds is 7. The topological polar surface area (TPSA) is 66.4 Å². The van der Waals surface area contributed by atoms with Crippen LogP contribution < -0.4 is 5.32 Å². The van der Waals surface area contributed by atoms with Crippen LogP contribution in [0.5, 0.6) is 0 Å². The van der Waals surface area contributed by atoms with Gasteiger partial charge in [0.25, 0.3) is 5.91 Å². The minimum atomic E-state index is -0.797. The van der Waals surface area contributed by atoms with Gasteiger partial charge >= 0.3 is 5.97 Å². The smallest absolute Gasteiger partial charge is 0.303 e. The standard InChI is InChI=1S/C16H23NO3S/c18-15(19)9-8-13(11-12-5-2-1-3-6-12)17-16(20)14-7-4-10-21-14/h4,7,10,12-13H,1-3,5-6,8-9,11H2,(H,17,20)(H,18,19). The van der Waals surface area contributed by atoms with E-state index < -0.39 is 5.97 Å². The molecule has 0 spiro atoms. The van der Waals surface area contributed by atoms with E-state index in [0.29, 0.717) is 17.2 Å². The Morgan fingerprint density at radius 1 is 1.33 bits per heavy atom. The highest BCUT2D eigenvalue weighted by molar-refractivity contribution is 7.12. The van der Waals surface area contributed by atoms with Crippen LogP contribution in [0.3, 0.4) is 0 Å². The normalized spacial score (nSPS) is 17.3. The van der Waals surface area contributed by atoms with Crippen LogP contribution in [0.2, 0.25) is 0 Å². The predicted octanol–water partition coefficient (Wildman–Crippen LogP) is 3.68. The van der Waals surface area contributed by atoms with E-state index in [0.717, 1.165) is 6.42 Å². The molecule has 0 aliphatic heterocycles. The molecule has 0 saturated heterocycles. The summed E-state index contributed by atoms with van der Waals surface area (Å²) in [4.78, 5) is 23.6. The first kappa shape index (κ1) is 16.0. The Hall–Kier alpha value is -1.36. The third kappa shape index (κ3) is 5.50. The molecule has 1 unspecified atom stereocenters. The molecule has 0 radical (unpaired) electrons. The molecule has 5 heteroatoms. The first-order valence-electron chi connectivity index (χ1n) is 7.71. The molecule has 1 atom stereocenters. The fourth-order valence-corrected chi connectivity index (χ4v) is 3.66. The summed E-state index contributed by atoms with van der Waals surface area (Å²) in [6, 6.07) is 3.63. The van der Waals surface area contributed by atoms with E-state index in [1.54, 1.807) is 6.07 Å². The molecule has 2 rings (SSSR count). The molecule has 1 aliphatic rings. The maximum atomic E-state index is 12.2. The summed E-state index contributed by atoms with van der Waals surface area (Å²) in [5, 5.41) is 13.8. The van der Waals surface area contributed by atoms with E-state index in [9.17, 15) is 9.59 Å². The summed E-state index contributed by atoms with van der Waals surface area (Å²) in [7, 11) is 0.